The van der Waals surface area contributed by atoms with Crippen LogP contribution in [0.4, 0.5) is 10.5 Å². The molecule has 1 N–H and O–H groups in total. The third kappa shape index (κ3) is 5.00. The standard InChI is InChI=1S/C22H24ClN3O2/c1-15-5-4-6-19(12-15)24-22(27)26(9-10-28-3)14-18-13-17-11-16(2)7-8-20(17)25-21(18)23/h4-8,11-13H,9-10,14H2,1-3H3,(H,24,27). The van der Waals surface area contributed by atoms with Gasteiger partial charge in [0.1, 0.15) is 5.15 Å². The fourth-order valence-electron chi connectivity index (χ4n) is 3.01. The molecule has 2 amide bonds. The number of amides is 2. The van der Waals surface area contributed by atoms with Crippen molar-refractivity contribution in [2.24, 2.45) is 0 Å². The number of anilines is 1. The number of benzene rings is 2. The second-order valence-corrected chi connectivity index (χ2v) is 7.21. The first-order chi connectivity index (χ1) is 13.5. The molecule has 0 fully saturated rings. The number of aryl methyl sites for hydroxylation is 2. The Bertz CT molecular complexity index is 991. The molecule has 0 aliphatic rings. The number of rotatable bonds is 6. The summed E-state index contributed by atoms with van der Waals surface area (Å²) in [5.74, 6) is 0. The lowest BCUT2D eigenvalue weighted by atomic mass is 10.1. The van der Waals surface area contributed by atoms with Gasteiger partial charge in [-0.1, -0.05) is 35.4 Å². The Morgan fingerprint density at radius 2 is 1.93 bits per heavy atom. The van der Waals surface area contributed by atoms with Crippen LogP contribution in [0.1, 0.15) is 16.7 Å². The summed E-state index contributed by atoms with van der Waals surface area (Å²) in [7, 11) is 1.62. The lowest BCUT2D eigenvalue weighted by Gasteiger charge is -2.23. The van der Waals surface area contributed by atoms with Crippen LogP contribution >= 0.6 is 11.6 Å². The van der Waals surface area contributed by atoms with Crippen molar-refractivity contribution in [1.29, 1.82) is 0 Å². The monoisotopic (exact) mass is 397 g/mol. The van der Waals surface area contributed by atoms with Gasteiger partial charge in [-0.05, 0) is 49.7 Å². The molecular weight excluding hydrogens is 374 g/mol. The second kappa shape index (κ2) is 9.04. The Kier molecular flexibility index (Phi) is 6.49. The van der Waals surface area contributed by atoms with Gasteiger partial charge in [0.2, 0.25) is 0 Å². The average Bonchev–Trinajstić information content (AvgIpc) is 2.65. The molecule has 3 aromatic rings. The molecule has 0 atom stereocenters. The summed E-state index contributed by atoms with van der Waals surface area (Å²) in [6.45, 7) is 5.24. The van der Waals surface area contributed by atoms with Crippen LogP contribution in [0.25, 0.3) is 10.9 Å². The Labute approximate surface area is 170 Å². The minimum atomic E-state index is -0.206. The molecule has 0 spiro atoms. The number of pyridine rings is 1. The SMILES string of the molecule is COCCN(Cc1cc2cc(C)ccc2nc1Cl)C(=O)Nc1cccc(C)c1. The van der Waals surface area contributed by atoms with Crippen LogP contribution < -0.4 is 5.32 Å². The van der Waals surface area contributed by atoms with Gasteiger partial charge >= 0.3 is 6.03 Å². The van der Waals surface area contributed by atoms with E-state index in [-0.39, 0.29) is 6.03 Å². The maximum absolute atomic E-state index is 12.9. The Hall–Kier alpha value is -2.63. The van der Waals surface area contributed by atoms with Gasteiger partial charge < -0.3 is 15.0 Å². The van der Waals surface area contributed by atoms with Crippen molar-refractivity contribution in [2.75, 3.05) is 25.6 Å². The van der Waals surface area contributed by atoms with Crippen LogP contribution in [0, 0.1) is 13.8 Å². The molecular formula is C22H24ClN3O2. The normalized spacial score (nSPS) is 10.9. The smallest absolute Gasteiger partial charge is 0.322 e. The molecule has 28 heavy (non-hydrogen) atoms. The highest BCUT2D eigenvalue weighted by Gasteiger charge is 2.17. The maximum Gasteiger partial charge on any atom is 0.322 e. The molecule has 0 aliphatic heterocycles. The zero-order chi connectivity index (χ0) is 20.1. The summed E-state index contributed by atoms with van der Waals surface area (Å²) in [6.07, 6.45) is 0. The van der Waals surface area contributed by atoms with Crippen molar-refractivity contribution < 1.29 is 9.53 Å². The van der Waals surface area contributed by atoms with E-state index in [4.69, 9.17) is 16.3 Å². The first-order valence-electron chi connectivity index (χ1n) is 9.13. The molecule has 6 heteroatoms. The Balaban J connectivity index is 1.84. The largest absolute Gasteiger partial charge is 0.383 e. The van der Waals surface area contributed by atoms with Gasteiger partial charge in [0, 0.05) is 30.3 Å². The van der Waals surface area contributed by atoms with Gasteiger partial charge in [-0.3, -0.25) is 0 Å². The number of carbonyl (C=O) groups is 1. The number of ether oxygens (including phenoxy) is 1. The van der Waals surface area contributed by atoms with Crippen LogP contribution in [0.5, 0.6) is 0 Å². The summed E-state index contributed by atoms with van der Waals surface area (Å²) in [4.78, 5) is 19.0. The predicted octanol–water partition coefficient (Wildman–Crippen LogP) is 5.19. The summed E-state index contributed by atoms with van der Waals surface area (Å²) >= 11 is 6.41. The Morgan fingerprint density at radius 1 is 1.14 bits per heavy atom. The third-order valence-corrected chi connectivity index (χ3v) is 4.81. The van der Waals surface area contributed by atoms with E-state index < -0.39 is 0 Å². The zero-order valence-electron chi connectivity index (χ0n) is 16.3. The van der Waals surface area contributed by atoms with E-state index in [1.54, 1.807) is 12.0 Å². The van der Waals surface area contributed by atoms with E-state index in [1.165, 1.54) is 0 Å². The number of urea groups is 1. The van der Waals surface area contributed by atoms with E-state index in [0.29, 0.717) is 24.8 Å². The second-order valence-electron chi connectivity index (χ2n) is 6.85. The summed E-state index contributed by atoms with van der Waals surface area (Å²) in [5.41, 5.74) is 4.63. The van der Waals surface area contributed by atoms with Gasteiger partial charge in [0.25, 0.3) is 0 Å². The van der Waals surface area contributed by atoms with E-state index in [2.05, 4.69) is 16.4 Å². The molecule has 0 bridgehead atoms. The van der Waals surface area contributed by atoms with E-state index in [1.807, 2.05) is 56.3 Å². The predicted molar refractivity (Wildman–Crippen MR) is 114 cm³/mol. The molecule has 0 saturated carbocycles. The number of nitrogens with one attached hydrogen (secondary N) is 1. The minimum Gasteiger partial charge on any atom is -0.383 e. The lowest BCUT2D eigenvalue weighted by Crippen LogP contribution is -2.37. The molecule has 0 radical (unpaired) electrons. The number of fused-ring (bicyclic) bond motifs is 1. The molecule has 3 rings (SSSR count). The quantitative estimate of drug-likeness (QED) is 0.582. The minimum absolute atomic E-state index is 0.206. The van der Waals surface area contributed by atoms with Crippen LogP contribution in [-0.2, 0) is 11.3 Å². The van der Waals surface area contributed by atoms with Crippen molar-refractivity contribution in [3.05, 3.63) is 70.4 Å². The molecule has 1 heterocycles. The van der Waals surface area contributed by atoms with Gasteiger partial charge in [-0.15, -0.1) is 0 Å². The van der Waals surface area contributed by atoms with Crippen LogP contribution in [0.3, 0.4) is 0 Å². The molecule has 0 saturated heterocycles. The first-order valence-corrected chi connectivity index (χ1v) is 9.51. The highest BCUT2D eigenvalue weighted by Crippen LogP contribution is 2.23. The summed E-state index contributed by atoms with van der Waals surface area (Å²) < 4.78 is 5.18. The molecule has 0 aliphatic carbocycles. The fourth-order valence-corrected chi connectivity index (χ4v) is 3.22. The topological polar surface area (TPSA) is 54.5 Å². The molecule has 1 aromatic heterocycles. The van der Waals surface area contributed by atoms with Crippen molar-refractivity contribution in [2.45, 2.75) is 20.4 Å². The molecule has 0 unspecified atom stereocenters. The van der Waals surface area contributed by atoms with E-state index in [0.717, 1.165) is 33.3 Å². The molecule has 5 nitrogen and oxygen atoms in total. The summed E-state index contributed by atoms with van der Waals surface area (Å²) in [5, 5.41) is 4.36. The third-order valence-electron chi connectivity index (χ3n) is 4.48. The van der Waals surface area contributed by atoms with Crippen molar-refractivity contribution >= 4 is 34.2 Å². The van der Waals surface area contributed by atoms with Crippen molar-refractivity contribution in [3.63, 3.8) is 0 Å². The van der Waals surface area contributed by atoms with E-state index in [9.17, 15) is 4.79 Å². The van der Waals surface area contributed by atoms with E-state index >= 15 is 0 Å². The van der Waals surface area contributed by atoms with Crippen LogP contribution in [0.15, 0.2) is 48.5 Å². The lowest BCUT2D eigenvalue weighted by molar-refractivity contribution is 0.153. The number of hydrogen-bond acceptors (Lipinski definition) is 3. The average molecular weight is 398 g/mol. The number of carbonyl (C=O) groups excluding carboxylic acids is 1. The van der Waals surface area contributed by atoms with Crippen molar-refractivity contribution in [1.82, 2.24) is 9.88 Å². The van der Waals surface area contributed by atoms with Gasteiger partial charge in [0.15, 0.2) is 0 Å². The van der Waals surface area contributed by atoms with Gasteiger partial charge in [-0.2, -0.15) is 0 Å². The van der Waals surface area contributed by atoms with Gasteiger partial charge in [-0.25, -0.2) is 9.78 Å². The highest BCUT2D eigenvalue weighted by atomic mass is 35.5. The fraction of sp³-hybridized carbons (Fsp3) is 0.273. The number of halogens is 1. The molecule has 146 valence electrons. The number of hydrogen-bond donors (Lipinski definition) is 1. The maximum atomic E-state index is 12.9. The van der Waals surface area contributed by atoms with Crippen molar-refractivity contribution in [3.8, 4) is 0 Å². The summed E-state index contributed by atoms with van der Waals surface area (Å²) in [6, 6.07) is 15.5. The van der Waals surface area contributed by atoms with Crippen LogP contribution in [0.2, 0.25) is 5.15 Å². The zero-order valence-corrected chi connectivity index (χ0v) is 17.1. The number of nitrogens with zero attached hydrogens (tertiary/aromatic N) is 2. The van der Waals surface area contributed by atoms with Gasteiger partial charge in [0.05, 0.1) is 18.7 Å². The Morgan fingerprint density at radius 3 is 2.68 bits per heavy atom. The first kappa shape index (κ1) is 20.1. The number of methoxy groups -OCH3 is 1. The highest BCUT2D eigenvalue weighted by molar-refractivity contribution is 6.30. The number of aromatic nitrogens is 1. The molecule has 2 aromatic carbocycles. The van der Waals surface area contributed by atoms with Crippen LogP contribution in [-0.4, -0.2) is 36.2 Å².